The molecule has 0 amide bonds. The van der Waals surface area contributed by atoms with Crippen molar-refractivity contribution >= 4 is 0 Å². The van der Waals surface area contributed by atoms with E-state index in [1.807, 2.05) is 0 Å². The third-order valence-electron chi connectivity index (χ3n) is 1.18. The van der Waals surface area contributed by atoms with E-state index in [1.54, 1.807) is 0 Å². The fourth-order valence-electron chi connectivity index (χ4n) is 0.430. The van der Waals surface area contributed by atoms with Crippen LogP contribution >= 0.6 is 0 Å². The second-order valence-corrected chi connectivity index (χ2v) is 2.25. The Morgan fingerprint density at radius 3 is 1.50 bits per heavy atom. The van der Waals surface area contributed by atoms with Gasteiger partial charge >= 0.3 is 12.1 Å². The van der Waals surface area contributed by atoms with Crippen LogP contribution in [-0.4, -0.2) is 29.5 Å². The minimum absolute atomic E-state index is 0.387. The fraction of sp³-hybridized carbons (Fsp3) is 1.00. The SMILES string of the molecule is C[C@H](O)C(F)(F)[C@@H](F)C(F)(F)F. The summed E-state index contributed by atoms with van der Waals surface area (Å²) >= 11 is 0. The first-order valence-corrected chi connectivity index (χ1v) is 2.86. The van der Waals surface area contributed by atoms with Crippen LogP contribution in [-0.2, 0) is 0 Å². The van der Waals surface area contributed by atoms with Crippen LogP contribution in [0.5, 0.6) is 0 Å². The van der Waals surface area contributed by atoms with Crippen molar-refractivity contribution in [3.05, 3.63) is 0 Å². The summed E-state index contributed by atoms with van der Waals surface area (Å²) in [6.45, 7) is 0.387. The summed E-state index contributed by atoms with van der Waals surface area (Å²) in [6.07, 6.45) is -12.7. The summed E-state index contributed by atoms with van der Waals surface area (Å²) in [7, 11) is 0. The van der Waals surface area contributed by atoms with Crippen molar-refractivity contribution in [2.24, 2.45) is 0 Å². The molecule has 0 aliphatic rings. The highest BCUT2D eigenvalue weighted by Crippen LogP contribution is 2.36. The lowest BCUT2D eigenvalue weighted by atomic mass is 10.1. The highest BCUT2D eigenvalue weighted by atomic mass is 19.4. The van der Waals surface area contributed by atoms with Gasteiger partial charge in [-0.15, -0.1) is 0 Å². The van der Waals surface area contributed by atoms with Gasteiger partial charge in [-0.1, -0.05) is 0 Å². The number of hydrogen-bond acceptors (Lipinski definition) is 1. The average molecular weight is 196 g/mol. The molecule has 0 aliphatic carbocycles. The summed E-state index contributed by atoms with van der Waals surface area (Å²) in [5.74, 6) is -4.79. The first kappa shape index (κ1) is 11.5. The molecule has 0 spiro atoms. The van der Waals surface area contributed by atoms with E-state index in [0.717, 1.165) is 0 Å². The van der Waals surface area contributed by atoms with Gasteiger partial charge in [-0.3, -0.25) is 0 Å². The zero-order valence-electron chi connectivity index (χ0n) is 5.87. The van der Waals surface area contributed by atoms with Crippen LogP contribution in [0, 0.1) is 0 Å². The van der Waals surface area contributed by atoms with Gasteiger partial charge in [0.1, 0.15) is 6.10 Å². The van der Waals surface area contributed by atoms with E-state index in [0.29, 0.717) is 6.92 Å². The molecule has 0 heterocycles. The van der Waals surface area contributed by atoms with E-state index in [1.165, 1.54) is 0 Å². The van der Waals surface area contributed by atoms with Gasteiger partial charge in [0.25, 0.3) is 6.17 Å². The Morgan fingerprint density at radius 2 is 1.42 bits per heavy atom. The molecule has 0 unspecified atom stereocenters. The summed E-state index contributed by atoms with van der Waals surface area (Å²) in [4.78, 5) is 0. The van der Waals surface area contributed by atoms with Gasteiger partial charge in [0.15, 0.2) is 0 Å². The van der Waals surface area contributed by atoms with Crippen LogP contribution in [0.2, 0.25) is 0 Å². The van der Waals surface area contributed by atoms with Crippen molar-refractivity contribution in [1.82, 2.24) is 0 Å². The van der Waals surface area contributed by atoms with Crippen LogP contribution in [0.4, 0.5) is 26.3 Å². The number of alkyl halides is 6. The summed E-state index contributed by atoms with van der Waals surface area (Å²) in [6, 6.07) is 0. The molecule has 0 aliphatic heterocycles. The van der Waals surface area contributed by atoms with Gasteiger partial charge in [0.2, 0.25) is 0 Å². The first-order chi connectivity index (χ1) is 5.10. The monoisotopic (exact) mass is 196 g/mol. The van der Waals surface area contributed by atoms with Crippen molar-refractivity contribution in [1.29, 1.82) is 0 Å². The fourth-order valence-corrected chi connectivity index (χ4v) is 0.430. The zero-order valence-corrected chi connectivity index (χ0v) is 5.87. The van der Waals surface area contributed by atoms with Gasteiger partial charge in [-0.25, -0.2) is 13.2 Å². The Balaban J connectivity index is 4.57. The van der Waals surface area contributed by atoms with Crippen LogP contribution in [0.3, 0.4) is 0 Å². The van der Waals surface area contributed by atoms with E-state index >= 15 is 0 Å². The maximum absolute atomic E-state index is 12.1. The maximum Gasteiger partial charge on any atom is 0.425 e. The number of aliphatic hydroxyl groups is 1. The molecule has 0 aromatic heterocycles. The predicted molar refractivity (Wildman–Crippen MR) is 27.6 cm³/mol. The minimum atomic E-state index is -5.65. The smallest absolute Gasteiger partial charge is 0.387 e. The van der Waals surface area contributed by atoms with E-state index in [9.17, 15) is 26.3 Å². The Kier molecular flexibility index (Phi) is 3.00. The molecular formula is C5H6F6O. The van der Waals surface area contributed by atoms with Gasteiger partial charge in [-0.05, 0) is 6.92 Å². The second kappa shape index (κ2) is 3.12. The zero-order chi connectivity index (χ0) is 10.2. The minimum Gasteiger partial charge on any atom is -0.387 e. The van der Waals surface area contributed by atoms with Gasteiger partial charge in [-0.2, -0.15) is 13.2 Å². The number of halogens is 6. The lowest BCUT2D eigenvalue weighted by Crippen LogP contribution is -2.48. The Hall–Kier alpha value is -0.460. The van der Waals surface area contributed by atoms with Crippen LogP contribution < -0.4 is 0 Å². The van der Waals surface area contributed by atoms with E-state index in [4.69, 9.17) is 5.11 Å². The maximum atomic E-state index is 12.1. The highest BCUT2D eigenvalue weighted by molar-refractivity contribution is 4.86. The van der Waals surface area contributed by atoms with Crippen LogP contribution in [0.15, 0.2) is 0 Å². The molecular weight excluding hydrogens is 190 g/mol. The van der Waals surface area contributed by atoms with Gasteiger partial charge in [0, 0.05) is 0 Å². The Bertz CT molecular complexity index is 151. The second-order valence-electron chi connectivity index (χ2n) is 2.25. The largest absolute Gasteiger partial charge is 0.425 e. The molecule has 74 valence electrons. The first-order valence-electron chi connectivity index (χ1n) is 2.86. The molecule has 0 fully saturated rings. The molecule has 0 bridgehead atoms. The van der Waals surface area contributed by atoms with E-state index in [-0.39, 0.29) is 0 Å². The quantitative estimate of drug-likeness (QED) is 0.668. The average Bonchev–Trinajstić information content (AvgIpc) is 1.83. The van der Waals surface area contributed by atoms with Crippen molar-refractivity contribution < 1.29 is 31.4 Å². The van der Waals surface area contributed by atoms with E-state index in [2.05, 4.69) is 0 Å². The molecule has 0 aromatic rings. The third kappa shape index (κ3) is 2.26. The van der Waals surface area contributed by atoms with E-state index < -0.39 is 24.4 Å². The Labute approximate surface area is 64.0 Å². The van der Waals surface area contributed by atoms with Crippen molar-refractivity contribution in [3.63, 3.8) is 0 Å². The Morgan fingerprint density at radius 1 is 1.08 bits per heavy atom. The summed E-state index contributed by atoms with van der Waals surface area (Å²) in [5, 5.41) is 8.12. The third-order valence-corrected chi connectivity index (χ3v) is 1.18. The van der Waals surface area contributed by atoms with Gasteiger partial charge in [0.05, 0.1) is 0 Å². The lowest BCUT2D eigenvalue weighted by molar-refractivity contribution is -0.265. The standard InChI is InChI=1S/C5H6F6O/c1-2(12)4(7,8)3(6)5(9,10)11/h2-3,12H,1H3/t2-,3+/m0/s1. The number of rotatable bonds is 2. The highest BCUT2D eigenvalue weighted by Gasteiger charge is 2.59. The number of aliphatic hydroxyl groups excluding tert-OH is 1. The van der Waals surface area contributed by atoms with Crippen LogP contribution in [0.1, 0.15) is 6.92 Å². The van der Waals surface area contributed by atoms with Crippen LogP contribution in [0.25, 0.3) is 0 Å². The molecule has 1 nitrogen and oxygen atoms in total. The molecule has 0 saturated heterocycles. The van der Waals surface area contributed by atoms with Crippen molar-refractivity contribution in [3.8, 4) is 0 Å². The number of hydrogen-bond donors (Lipinski definition) is 1. The molecule has 0 rings (SSSR count). The molecule has 0 aromatic carbocycles. The molecule has 7 heteroatoms. The molecule has 0 radical (unpaired) electrons. The van der Waals surface area contributed by atoms with Crippen molar-refractivity contribution in [2.75, 3.05) is 0 Å². The molecule has 12 heavy (non-hydrogen) atoms. The topological polar surface area (TPSA) is 20.2 Å². The van der Waals surface area contributed by atoms with Crippen molar-refractivity contribution in [2.45, 2.75) is 31.3 Å². The summed E-state index contributed by atoms with van der Waals surface area (Å²) in [5.41, 5.74) is 0. The van der Waals surface area contributed by atoms with Gasteiger partial charge < -0.3 is 5.11 Å². The molecule has 1 N–H and O–H groups in total. The lowest BCUT2D eigenvalue weighted by Gasteiger charge is -2.24. The molecule has 2 atom stereocenters. The normalized spacial score (nSPS) is 19.0. The predicted octanol–water partition coefficient (Wildman–Crippen LogP) is 1.90. The summed E-state index contributed by atoms with van der Waals surface area (Å²) < 4.78 is 70.1. The molecule has 0 saturated carbocycles.